The first-order valence-corrected chi connectivity index (χ1v) is 9.14. The predicted octanol–water partition coefficient (Wildman–Crippen LogP) is 3.94. The van der Waals surface area contributed by atoms with Gasteiger partial charge < -0.3 is 4.74 Å². The summed E-state index contributed by atoms with van der Waals surface area (Å²) in [7, 11) is 1.21. The zero-order valence-corrected chi connectivity index (χ0v) is 17.3. The fourth-order valence-corrected chi connectivity index (χ4v) is 3.03. The van der Waals surface area contributed by atoms with Crippen LogP contribution in [0.5, 0.6) is 0 Å². The number of nitriles is 1. The van der Waals surface area contributed by atoms with Crippen molar-refractivity contribution in [2.75, 3.05) is 6.61 Å². The smallest absolute Gasteiger partial charge is 0.435 e. The Morgan fingerprint density at radius 1 is 1.13 bits per heavy atom. The van der Waals surface area contributed by atoms with Crippen LogP contribution < -0.4 is 0 Å². The van der Waals surface area contributed by atoms with Crippen molar-refractivity contribution >= 4 is 11.8 Å². The number of carbonyl (C=O) groups excluding carboxylic acids is 2. The molecule has 0 aliphatic carbocycles. The quantitative estimate of drug-likeness (QED) is 0.415. The topological polar surface area (TPSA) is 85.0 Å². The van der Waals surface area contributed by atoms with Gasteiger partial charge in [-0.2, -0.15) is 23.5 Å². The number of carbonyl (C=O) groups is 2. The zero-order chi connectivity index (χ0) is 22.9. The Labute approximate surface area is 172 Å². The standard InChI is InChI=1S/C21H22F3N3O3/c1-6-30-18(29)20(12-25,14-9-7-13(8-10-14)19(2,3)4)17(28)15-11-27(5)26-16(15)21(22,23)24/h7-11H,6H2,1-5H3. The highest BCUT2D eigenvalue weighted by Gasteiger charge is 2.53. The molecule has 9 heteroatoms. The van der Waals surface area contributed by atoms with Gasteiger partial charge in [0.1, 0.15) is 0 Å². The van der Waals surface area contributed by atoms with Crippen LogP contribution in [0.4, 0.5) is 13.2 Å². The van der Waals surface area contributed by atoms with Gasteiger partial charge in [-0.15, -0.1) is 0 Å². The molecule has 0 spiro atoms. The van der Waals surface area contributed by atoms with Gasteiger partial charge in [-0.25, -0.2) is 4.79 Å². The highest BCUT2D eigenvalue weighted by atomic mass is 19.4. The van der Waals surface area contributed by atoms with E-state index in [1.165, 1.54) is 26.1 Å². The first-order valence-electron chi connectivity index (χ1n) is 9.14. The first kappa shape index (κ1) is 23.1. The first-order chi connectivity index (χ1) is 13.8. The molecule has 2 aromatic rings. The van der Waals surface area contributed by atoms with Crippen LogP contribution in [0.3, 0.4) is 0 Å². The lowest BCUT2D eigenvalue weighted by Crippen LogP contribution is -2.44. The summed E-state index contributed by atoms with van der Waals surface area (Å²) in [5, 5.41) is 13.2. The van der Waals surface area contributed by atoms with Crippen molar-refractivity contribution < 1.29 is 27.5 Å². The van der Waals surface area contributed by atoms with Gasteiger partial charge in [-0.1, -0.05) is 45.0 Å². The Morgan fingerprint density at radius 2 is 1.67 bits per heavy atom. The summed E-state index contributed by atoms with van der Waals surface area (Å²) >= 11 is 0. The minimum absolute atomic E-state index is 0.0709. The lowest BCUT2D eigenvalue weighted by Gasteiger charge is -2.25. The molecule has 30 heavy (non-hydrogen) atoms. The van der Waals surface area contributed by atoms with Gasteiger partial charge in [0.2, 0.25) is 11.2 Å². The summed E-state index contributed by atoms with van der Waals surface area (Å²) in [6.45, 7) is 7.15. The van der Waals surface area contributed by atoms with E-state index in [-0.39, 0.29) is 17.6 Å². The fourth-order valence-electron chi connectivity index (χ4n) is 3.03. The lowest BCUT2D eigenvalue weighted by molar-refractivity contribution is -0.146. The molecular formula is C21H22F3N3O3. The molecule has 2 rings (SSSR count). The number of ketones is 1. The maximum absolute atomic E-state index is 13.4. The Kier molecular flexibility index (Phi) is 6.12. The minimum atomic E-state index is -4.95. The maximum Gasteiger partial charge on any atom is 0.435 e. The largest absolute Gasteiger partial charge is 0.464 e. The Balaban J connectivity index is 2.75. The molecule has 0 amide bonds. The van der Waals surface area contributed by atoms with E-state index in [0.717, 1.165) is 16.4 Å². The van der Waals surface area contributed by atoms with E-state index in [4.69, 9.17) is 4.74 Å². The van der Waals surface area contributed by atoms with Crippen molar-refractivity contribution in [2.24, 2.45) is 7.05 Å². The number of rotatable bonds is 5. The van der Waals surface area contributed by atoms with Crippen molar-refractivity contribution in [3.05, 3.63) is 52.8 Å². The molecule has 0 bridgehead atoms. The number of Topliss-reactive ketones (excluding diaryl/α,β-unsaturated/α-hetero) is 1. The number of aryl methyl sites for hydroxylation is 1. The second kappa shape index (κ2) is 7.94. The molecule has 0 saturated heterocycles. The molecule has 1 aromatic carbocycles. The number of hydrogen-bond acceptors (Lipinski definition) is 5. The molecule has 0 aliphatic rings. The summed E-state index contributed by atoms with van der Waals surface area (Å²) in [4.78, 5) is 26.1. The van der Waals surface area contributed by atoms with Crippen molar-refractivity contribution in [3.63, 3.8) is 0 Å². The number of ether oxygens (including phenoxy) is 1. The molecule has 1 heterocycles. The number of hydrogen-bond donors (Lipinski definition) is 0. The molecule has 1 aromatic heterocycles. The number of nitrogens with zero attached hydrogens (tertiary/aromatic N) is 3. The van der Waals surface area contributed by atoms with Crippen LogP contribution in [-0.2, 0) is 33.6 Å². The molecule has 0 N–H and O–H groups in total. The summed E-state index contributed by atoms with van der Waals surface area (Å²) < 4.78 is 46.0. The highest BCUT2D eigenvalue weighted by Crippen LogP contribution is 2.37. The SMILES string of the molecule is CCOC(=O)C(C#N)(C(=O)c1cn(C)nc1C(F)(F)F)c1ccc(C(C)(C)C)cc1. The van der Waals surface area contributed by atoms with Crippen LogP contribution in [0.25, 0.3) is 0 Å². The summed E-state index contributed by atoms with van der Waals surface area (Å²) in [6, 6.07) is 7.67. The van der Waals surface area contributed by atoms with E-state index in [0.29, 0.717) is 0 Å². The predicted molar refractivity (Wildman–Crippen MR) is 102 cm³/mol. The van der Waals surface area contributed by atoms with Crippen molar-refractivity contribution in [1.82, 2.24) is 9.78 Å². The van der Waals surface area contributed by atoms with Gasteiger partial charge in [-0.3, -0.25) is 9.48 Å². The molecule has 0 radical (unpaired) electrons. The second-order valence-electron chi connectivity index (χ2n) is 7.80. The summed E-state index contributed by atoms with van der Waals surface area (Å²) in [5.74, 6) is -2.58. The number of benzene rings is 1. The van der Waals surface area contributed by atoms with Crippen LogP contribution in [-0.4, -0.2) is 28.1 Å². The second-order valence-corrected chi connectivity index (χ2v) is 7.80. The van der Waals surface area contributed by atoms with Gasteiger partial charge in [0, 0.05) is 13.2 Å². The van der Waals surface area contributed by atoms with Gasteiger partial charge in [-0.05, 0) is 23.5 Å². The summed E-state index contributed by atoms with van der Waals surface area (Å²) in [5.41, 5.74) is -4.42. The number of aromatic nitrogens is 2. The van der Waals surface area contributed by atoms with Crippen LogP contribution in [0.2, 0.25) is 0 Å². The van der Waals surface area contributed by atoms with Crippen molar-refractivity contribution in [2.45, 2.75) is 44.7 Å². The average Bonchev–Trinajstić information content (AvgIpc) is 3.05. The molecule has 0 aliphatic heterocycles. The minimum Gasteiger partial charge on any atom is -0.464 e. The van der Waals surface area contributed by atoms with E-state index in [2.05, 4.69) is 5.10 Å². The highest BCUT2D eigenvalue weighted by molar-refractivity contribution is 6.20. The van der Waals surface area contributed by atoms with Gasteiger partial charge in [0.05, 0.1) is 18.2 Å². The molecule has 1 unspecified atom stereocenters. The maximum atomic E-state index is 13.4. The lowest BCUT2D eigenvalue weighted by atomic mass is 9.74. The van der Waals surface area contributed by atoms with E-state index < -0.39 is 34.6 Å². The zero-order valence-electron chi connectivity index (χ0n) is 17.3. The third-order valence-corrected chi connectivity index (χ3v) is 4.62. The normalized spacial score (nSPS) is 14.0. The molecular weight excluding hydrogens is 399 g/mol. The molecule has 160 valence electrons. The van der Waals surface area contributed by atoms with Gasteiger partial charge in [0.25, 0.3) is 0 Å². The van der Waals surface area contributed by atoms with Gasteiger partial charge in [0.15, 0.2) is 5.69 Å². The van der Waals surface area contributed by atoms with Crippen LogP contribution >= 0.6 is 0 Å². The van der Waals surface area contributed by atoms with E-state index in [9.17, 15) is 28.0 Å². The third-order valence-electron chi connectivity index (χ3n) is 4.62. The van der Waals surface area contributed by atoms with Crippen LogP contribution in [0.15, 0.2) is 30.5 Å². The molecule has 0 fully saturated rings. The molecule has 0 saturated carbocycles. The molecule has 1 atom stereocenters. The van der Waals surface area contributed by atoms with Crippen molar-refractivity contribution in [3.8, 4) is 6.07 Å². The Bertz CT molecular complexity index is 996. The van der Waals surface area contributed by atoms with Crippen LogP contribution in [0, 0.1) is 11.3 Å². The van der Waals surface area contributed by atoms with E-state index in [1.54, 1.807) is 18.2 Å². The Morgan fingerprint density at radius 3 is 2.10 bits per heavy atom. The Hall–Kier alpha value is -3.15. The summed E-state index contributed by atoms with van der Waals surface area (Å²) in [6.07, 6.45) is -4.10. The monoisotopic (exact) mass is 421 g/mol. The number of alkyl halides is 3. The number of esters is 1. The third kappa shape index (κ3) is 4.08. The number of halogens is 3. The van der Waals surface area contributed by atoms with Crippen molar-refractivity contribution in [1.29, 1.82) is 5.26 Å². The van der Waals surface area contributed by atoms with Crippen LogP contribution in [0.1, 0.15) is 54.9 Å². The molecule has 6 nitrogen and oxygen atoms in total. The average molecular weight is 421 g/mol. The fraction of sp³-hybridized carbons (Fsp3) is 0.429. The van der Waals surface area contributed by atoms with E-state index in [1.807, 2.05) is 20.8 Å². The van der Waals surface area contributed by atoms with E-state index >= 15 is 0 Å². The van der Waals surface area contributed by atoms with Gasteiger partial charge >= 0.3 is 12.1 Å².